The topological polar surface area (TPSA) is 29.1 Å². The van der Waals surface area contributed by atoms with Gasteiger partial charge in [-0.25, -0.2) is 0 Å². The van der Waals surface area contributed by atoms with Gasteiger partial charge in [0, 0.05) is 12.2 Å². The zero-order valence-electron chi connectivity index (χ0n) is 8.56. The van der Waals surface area contributed by atoms with E-state index in [0.717, 1.165) is 18.7 Å². The smallest absolute Gasteiger partial charge is 0.153 e. The van der Waals surface area contributed by atoms with Crippen LogP contribution < -0.4 is 5.32 Å². The minimum atomic E-state index is -0.188. The van der Waals surface area contributed by atoms with Crippen molar-refractivity contribution in [3.63, 3.8) is 0 Å². The molecule has 0 aliphatic carbocycles. The molecule has 1 N–H and O–H groups in total. The van der Waals surface area contributed by atoms with Crippen LogP contribution in [0.15, 0.2) is 0 Å². The molecular weight excluding hydrogens is 182 g/mol. The Kier molecular flexibility index (Phi) is 4.26. The summed E-state index contributed by atoms with van der Waals surface area (Å²) in [4.78, 5) is 11.8. The molecule has 0 bridgehead atoms. The van der Waals surface area contributed by atoms with Crippen molar-refractivity contribution in [1.82, 2.24) is 5.32 Å². The van der Waals surface area contributed by atoms with Gasteiger partial charge >= 0.3 is 0 Å². The Morgan fingerprint density at radius 2 is 2.31 bits per heavy atom. The van der Waals surface area contributed by atoms with Gasteiger partial charge in [-0.15, -0.1) is 0 Å². The molecule has 13 heavy (non-hydrogen) atoms. The van der Waals surface area contributed by atoms with Crippen LogP contribution in [-0.4, -0.2) is 29.4 Å². The van der Waals surface area contributed by atoms with E-state index in [0.29, 0.717) is 12.2 Å². The third kappa shape index (κ3) is 2.47. The molecule has 0 radical (unpaired) electrons. The van der Waals surface area contributed by atoms with Gasteiger partial charge < -0.3 is 5.32 Å². The lowest BCUT2D eigenvalue weighted by molar-refractivity contribution is -0.124. The van der Waals surface area contributed by atoms with E-state index < -0.39 is 0 Å². The fourth-order valence-electron chi connectivity index (χ4n) is 1.93. The number of likely N-dealkylation sites (N-methyl/N-ethyl adjacent to an activating group) is 1. The van der Waals surface area contributed by atoms with Crippen LogP contribution >= 0.6 is 11.8 Å². The van der Waals surface area contributed by atoms with Crippen molar-refractivity contribution >= 4 is 17.5 Å². The first-order valence-electron chi connectivity index (χ1n) is 5.11. The second-order valence-electron chi connectivity index (χ2n) is 3.55. The minimum Gasteiger partial charge on any atom is -0.305 e. The molecule has 0 amide bonds. The average Bonchev–Trinajstić information content (AvgIpc) is 2.18. The summed E-state index contributed by atoms with van der Waals surface area (Å²) in [5.41, 5.74) is -0.188. The Morgan fingerprint density at radius 1 is 1.54 bits per heavy atom. The van der Waals surface area contributed by atoms with Crippen LogP contribution in [0.1, 0.15) is 33.1 Å². The number of Topliss-reactive ketones (excluding diaryl/α,β-unsaturated/α-hetero) is 1. The van der Waals surface area contributed by atoms with Crippen molar-refractivity contribution in [1.29, 1.82) is 0 Å². The van der Waals surface area contributed by atoms with Crippen LogP contribution in [0, 0.1) is 0 Å². The van der Waals surface area contributed by atoms with E-state index in [1.807, 2.05) is 18.7 Å². The van der Waals surface area contributed by atoms with Crippen molar-refractivity contribution in [2.45, 2.75) is 38.6 Å². The van der Waals surface area contributed by atoms with Crippen LogP contribution in [0.2, 0.25) is 0 Å². The van der Waals surface area contributed by atoms with E-state index in [2.05, 4.69) is 12.2 Å². The normalized spacial score (nSPS) is 28.8. The van der Waals surface area contributed by atoms with Gasteiger partial charge in [-0.2, -0.15) is 11.8 Å². The summed E-state index contributed by atoms with van der Waals surface area (Å²) >= 11 is 1.90. The van der Waals surface area contributed by atoms with Gasteiger partial charge in [0.15, 0.2) is 5.78 Å². The average molecular weight is 201 g/mol. The van der Waals surface area contributed by atoms with Crippen LogP contribution in [0.3, 0.4) is 0 Å². The lowest BCUT2D eigenvalue weighted by atomic mass is 9.89. The molecule has 1 unspecified atom stereocenters. The molecule has 1 rings (SSSR count). The molecule has 0 saturated carbocycles. The van der Waals surface area contributed by atoms with Crippen molar-refractivity contribution in [3.8, 4) is 0 Å². The van der Waals surface area contributed by atoms with Crippen molar-refractivity contribution < 1.29 is 4.79 Å². The Morgan fingerprint density at radius 3 is 2.77 bits per heavy atom. The molecule has 0 spiro atoms. The Balaban J connectivity index is 2.66. The summed E-state index contributed by atoms with van der Waals surface area (Å²) in [5, 5.41) is 3.38. The highest BCUT2D eigenvalue weighted by molar-refractivity contribution is 7.99. The van der Waals surface area contributed by atoms with Gasteiger partial charge in [0.25, 0.3) is 0 Å². The summed E-state index contributed by atoms with van der Waals surface area (Å²) in [6.45, 7) is 4.93. The molecule has 1 saturated heterocycles. The number of carbonyl (C=O) groups excluding carboxylic acids is 1. The van der Waals surface area contributed by atoms with Gasteiger partial charge in [0.05, 0.1) is 5.54 Å². The minimum absolute atomic E-state index is 0.188. The maximum atomic E-state index is 11.8. The first kappa shape index (κ1) is 11.1. The highest BCUT2D eigenvalue weighted by Gasteiger charge is 2.37. The van der Waals surface area contributed by atoms with Gasteiger partial charge in [-0.05, 0) is 25.1 Å². The van der Waals surface area contributed by atoms with Gasteiger partial charge in [0.2, 0.25) is 0 Å². The maximum absolute atomic E-state index is 11.8. The molecule has 1 aliphatic heterocycles. The second-order valence-corrected chi connectivity index (χ2v) is 4.65. The molecule has 0 aromatic carbocycles. The van der Waals surface area contributed by atoms with Gasteiger partial charge in [0.1, 0.15) is 0 Å². The summed E-state index contributed by atoms with van der Waals surface area (Å²) in [6.07, 6.45) is 2.86. The third-order valence-electron chi connectivity index (χ3n) is 2.61. The Labute approximate surface area is 84.9 Å². The van der Waals surface area contributed by atoms with Gasteiger partial charge in [-0.3, -0.25) is 4.79 Å². The Hall–Kier alpha value is -0.0200. The van der Waals surface area contributed by atoms with Crippen molar-refractivity contribution in [2.24, 2.45) is 0 Å². The molecule has 1 heterocycles. The van der Waals surface area contributed by atoms with E-state index in [1.54, 1.807) is 0 Å². The lowest BCUT2D eigenvalue weighted by Crippen LogP contribution is -2.55. The molecule has 3 heteroatoms. The molecule has 0 aromatic heterocycles. The van der Waals surface area contributed by atoms with Crippen LogP contribution in [0.5, 0.6) is 0 Å². The second kappa shape index (κ2) is 5.01. The van der Waals surface area contributed by atoms with Crippen LogP contribution in [0.4, 0.5) is 0 Å². The number of hydrogen-bond donors (Lipinski definition) is 1. The molecule has 76 valence electrons. The molecule has 1 fully saturated rings. The number of thioether (sulfide) groups is 1. The maximum Gasteiger partial charge on any atom is 0.153 e. The highest BCUT2D eigenvalue weighted by Crippen LogP contribution is 2.28. The summed E-state index contributed by atoms with van der Waals surface area (Å²) in [5.74, 6) is 2.57. The van der Waals surface area contributed by atoms with E-state index in [1.165, 1.54) is 12.2 Å². The molecule has 1 atom stereocenters. The predicted molar refractivity (Wildman–Crippen MR) is 58.3 cm³/mol. The lowest BCUT2D eigenvalue weighted by Gasteiger charge is -2.36. The number of nitrogens with one attached hydrogen (secondary N) is 1. The quantitative estimate of drug-likeness (QED) is 0.752. The van der Waals surface area contributed by atoms with E-state index >= 15 is 0 Å². The van der Waals surface area contributed by atoms with E-state index in [-0.39, 0.29) is 5.54 Å². The Bertz CT molecular complexity index is 170. The SMILES string of the molecule is CCNC1(C(=O)CC)CCCSC1. The first-order chi connectivity index (χ1) is 6.25. The van der Waals surface area contributed by atoms with E-state index in [4.69, 9.17) is 0 Å². The van der Waals surface area contributed by atoms with Crippen molar-refractivity contribution in [2.75, 3.05) is 18.1 Å². The number of ketones is 1. The number of carbonyl (C=O) groups is 1. The van der Waals surface area contributed by atoms with E-state index in [9.17, 15) is 4.79 Å². The fourth-order valence-corrected chi connectivity index (χ4v) is 3.18. The summed E-state index contributed by atoms with van der Waals surface area (Å²) < 4.78 is 0. The van der Waals surface area contributed by atoms with Crippen LogP contribution in [-0.2, 0) is 4.79 Å². The molecular formula is C10H19NOS. The van der Waals surface area contributed by atoms with Crippen LogP contribution in [0.25, 0.3) is 0 Å². The van der Waals surface area contributed by atoms with Gasteiger partial charge in [-0.1, -0.05) is 13.8 Å². The monoisotopic (exact) mass is 201 g/mol. The third-order valence-corrected chi connectivity index (χ3v) is 3.89. The molecule has 2 nitrogen and oxygen atoms in total. The number of hydrogen-bond acceptors (Lipinski definition) is 3. The fraction of sp³-hybridized carbons (Fsp3) is 0.900. The largest absolute Gasteiger partial charge is 0.305 e. The standard InChI is InChI=1S/C10H19NOS/c1-3-9(12)10(11-4-2)6-5-7-13-8-10/h11H,3-8H2,1-2H3. The first-order valence-corrected chi connectivity index (χ1v) is 6.26. The zero-order chi connectivity index (χ0) is 9.73. The summed E-state index contributed by atoms with van der Waals surface area (Å²) in [6, 6.07) is 0. The molecule has 1 aliphatic rings. The molecule has 0 aromatic rings. The predicted octanol–water partition coefficient (Wildman–Crippen LogP) is 1.84. The van der Waals surface area contributed by atoms with Crippen molar-refractivity contribution in [3.05, 3.63) is 0 Å². The zero-order valence-corrected chi connectivity index (χ0v) is 9.38. The summed E-state index contributed by atoms with van der Waals surface area (Å²) in [7, 11) is 0. The highest BCUT2D eigenvalue weighted by atomic mass is 32.2. The number of rotatable bonds is 4.